The molecular formula is C19H20N4OS. The second-order valence-corrected chi connectivity index (χ2v) is 7.10. The summed E-state index contributed by atoms with van der Waals surface area (Å²) in [5.74, 6) is 1.69. The van der Waals surface area contributed by atoms with Crippen LogP contribution in [-0.4, -0.2) is 34.1 Å². The Kier molecular flexibility index (Phi) is 4.46. The number of pyridine rings is 1. The van der Waals surface area contributed by atoms with Crippen LogP contribution < -0.4 is 4.90 Å². The summed E-state index contributed by atoms with van der Waals surface area (Å²) < 4.78 is 6.14. The molecule has 0 radical (unpaired) electrons. The van der Waals surface area contributed by atoms with Crippen LogP contribution in [0.5, 0.6) is 0 Å². The minimum Gasteiger partial charge on any atom is -0.367 e. The van der Waals surface area contributed by atoms with E-state index in [0.29, 0.717) is 0 Å². The van der Waals surface area contributed by atoms with E-state index in [-0.39, 0.29) is 12.2 Å². The molecule has 0 saturated carbocycles. The van der Waals surface area contributed by atoms with Crippen molar-refractivity contribution in [3.05, 3.63) is 58.7 Å². The molecule has 3 aromatic rings. The normalized spacial score (nSPS) is 20.6. The first-order valence-corrected chi connectivity index (χ1v) is 9.32. The van der Waals surface area contributed by atoms with Crippen molar-refractivity contribution in [2.24, 2.45) is 0 Å². The van der Waals surface area contributed by atoms with Gasteiger partial charge in [0.1, 0.15) is 11.9 Å². The van der Waals surface area contributed by atoms with Crippen LogP contribution in [0.15, 0.2) is 47.4 Å². The van der Waals surface area contributed by atoms with Crippen LogP contribution in [0.2, 0.25) is 0 Å². The fourth-order valence-corrected chi connectivity index (χ4v) is 3.83. The number of ether oxygens (including phenoxy) is 1. The molecule has 0 bridgehead atoms. The molecule has 1 aliphatic rings. The van der Waals surface area contributed by atoms with E-state index in [9.17, 15) is 0 Å². The maximum Gasteiger partial charge on any atom is 0.161 e. The summed E-state index contributed by atoms with van der Waals surface area (Å²) in [6, 6.07) is 8.07. The minimum atomic E-state index is 0.0784. The van der Waals surface area contributed by atoms with Gasteiger partial charge in [0.25, 0.3) is 0 Å². The molecule has 1 aliphatic heterocycles. The van der Waals surface area contributed by atoms with Gasteiger partial charge >= 0.3 is 0 Å². The molecule has 5 nitrogen and oxygen atoms in total. The molecule has 0 amide bonds. The van der Waals surface area contributed by atoms with Crippen LogP contribution >= 0.6 is 11.3 Å². The van der Waals surface area contributed by atoms with Crippen molar-refractivity contribution in [2.75, 3.05) is 18.0 Å². The monoisotopic (exact) mass is 352 g/mol. The second kappa shape index (κ2) is 6.90. The Morgan fingerprint density at radius 2 is 2.00 bits per heavy atom. The highest BCUT2D eigenvalue weighted by Crippen LogP contribution is 2.30. The van der Waals surface area contributed by atoms with Gasteiger partial charge in [0.15, 0.2) is 5.82 Å². The number of anilines is 1. The van der Waals surface area contributed by atoms with Gasteiger partial charge in [-0.15, -0.1) is 0 Å². The molecule has 128 valence electrons. The average molecular weight is 352 g/mol. The first kappa shape index (κ1) is 16.2. The third-order valence-electron chi connectivity index (χ3n) is 4.28. The van der Waals surface area contributed by atoms with Gasteiger partial charge in [0, 0.05) is 42.8 Å². The van der Waals surface area contributed by atoms with Crippen molar-refractivity contribution in [1.82, 2.24) is 15.0 Å². The fraction of sp³-hybridized carbons (Fsp3) is 0.316. The zero-order valence-electron chi connectivity index (χ0n) is 14.3. The molecule has 0 spiro atoms. The highest BCUT2D eigenvalue weighted by molar-refractivity contribution is 7.07. The lowest BCUT2D eigenvalue weighted by Gasteiger charge is -2.37. The van der Waals surface area contributed by atoms with E-state index >= 15 is 0 Å². The van der Waals surface area contributed by atoms with Crippen LogP contribution in [0.4, 0.5) is 5.82 Å². The summed E-state index contributed by atoms with van der Waals surface area (Å²) in [6.07, 6.45) is 3.77. The number of rotatable bonds is 3. The molecule has 0 N–H and O–H groups in total. The van der Waals surface area contributed by atoms with Crippen LogP contribution in [0.1, 0.15) is 24.3 Å². The predicted molar refractivity (Wildman–Crippen MR) is 99.8 cm³/mol. The zero-order chi connectivity index (χ0) is 17.2. The van der Waals surface area contributed by atoms with Crippen LogP contribution in [0.25, 0.3) is 11.4 Å². The number of nitrogens with zero attached hydrogens (tertiary/aromatic N) is 4. The van der Waals surface area contributed by atoms with Gasteiger partial charge in [0.05, 0.1) is 6.10 Å². The van der Waals surface area contributed by atoms with E-state index in [0.717, 1.165) is 36.0 Å². The highest BCUT2D eigenvalue weighted by atomic mass is 32.1. The van der Waals surface area contributed by atoms with Crippen molar-refractivity contribution < 1.29 is 4.74 Å². The molecule has 0 aliphatic carbocycles. The molecule has 2 atom stereocenters. The largest absolute Gasteiger partial charge is 0.367 e. The van der Waals surface area contributed by atoms with Gasteiger partial charge in [-0.25, -0.2) is 9.97 Å². The van der Waals surface area contributed by atoms with Crippen LogP contribution in [-0.2, 0) is 4.74 Å². The first-order chi connectivity index (χ1) is 12.2. The number of hydrogen-bond donors (Lipinski definition) is 0. The van der Waals surface area contributed by atoms with Crippen LogP contribution in [0, 0.1) is 6.92 Å². The van der Waals surface area contributed by atoms with E-state index in [1.54, 1.807) is 23.7 Å². The first-order valence-electron chi connectivity index (χ1n) is 8.37. The molecule has 25 heavy (non-hydrogen) atoms. The SMILES string of the molecule is Cc1cc(N2C[C@@H](C)O[C@H](c3ccsc3)C2)nc(-c2ccncc2)n1. The molecule has 1 fully saturated rings. The average Bonchev–Trinajstić information content (AvgIpc) is 3.16. The van der Waals surface area contributed by atoms with E-state index in [4.69, 9.17) is 9.72 Å². The van der Waals surface area contributed by atoms with Crippen molar-refractivity contribution in [3.63, 3.8) is 0 Å². The van der Waals surface area contributed by atoms with Gasteiger partial charge in [-0.1, -0.05) is 0 Å². The number of morpholine rings is 1. The summed E-state index contributed by atoms with van der Waals surface area (Å²) in [4.78, 5) is 15.8. The summed E-state index contributed by atoms with van der Waals surface area (Å²) in [6.45, 7) is 5.75. The Morgan fingerprint density at radius 3 is 2.76 bits per heavy atom. The van der Waals surface area contributed by atoms with Gasteiger partial charge in [-0.05, 0) is 48.4 Å². The van der Waals surface area contributed by atoms with Crippen molar-refractivity contribution in [2.45, 2.75) is 26.1 Å². The molecule has 4 heterocycles. The van der Waals surface area contributed by atoms with E-state index in [2.05, 4.69) is 38.6 Å². The molecule has 1 saturated heterocycles. The highest BCUT2D eigenvalue weighted by Gasteiger charge is 2.28. The molecule has 6 heteroatoms. The topological polar surface area (TPSA) is 51.1 Å². The quantitative estimate of drug-likeness (QED) is 0.716. The molecule has 0 unspecified atom stereocenters. The van der Waals surface area contributed by atoms with Gasteiger partial charge in [0.2, 0.25) is 0 Å². The smallest absolute Gasteiger partial charge is 0.161 e. The summed E-state index contributed by atoms with van der Waals surface area (Å²) in [5.41, 5.74) is 3.18. The predicted octanol–water partition coefficient (Wildman–Crippen LogP) is 3.87. The summed E-state index contributed by atoms with van der Waals surface area (Å²) >= 11 is 1.70. The maximum absolute atomic E-state index is 6.14. The van der Waals surface area contributed by atoms with Crippen LogP contribution in [0.3, 0.4) is 0 Å². The fourth-order valence-electron chi connectivity index (χ4n) is 3.12. The number of hydrogen-bond acceptors (Lipinski definition) is 6. The third kappa shape index (κ3) is 3.55. The van der Waals surface area contributed by atoms with E-state index in [1.165, 1.54) is 5.56 Å². The van der Waals surface area contributed by atoms with Crippen molar-refractivity contribution in [1.29, 1.82) is 0 Å². The van der Waals surface area contributed by atoms with Crippen molar-refractivity contribution >= 4 is 17.2 Å². The second-order valence-electron chi connectivity index (χ2n) is 6.32. The Hall–Kier alpha value is -2.31. The van der Waals surface area contributed by atoms with Gasteiger partial charge < -0.3 is 9.64 Å². The number of thiophene rings is 1. The molecular weight excluding hydrogens is 332 g/mol. The van der Waals surface area contributed by atoms with E-state index < -0.39 is 0 Å². The Labute approximate surface area is 151 Å². The van der Waals surface area contributed by atoms with Gasteiger partial charge in [-0.3, -0.25) is 4.98 Å². The molecule has 3 aromatic heterocycles. The Balaban J connectivity index is 1.65. The maximum atomic E-state index is 6.14. The summed E-state index contributed by atoms with van der Waals surface area (Å²) in [7, 11) is 0. The van der Waals surface area contributed by atoms with Gasteiger partial charge in [-0.2, -0.15) is 11.3 Å². The number of aryl methyl sites for hydroxylation is 1. The molecule has 4 rings (SSSR count). The summed E-state index contributed by atoms with van der Waals surface area (Å²) in [5, 5.41) is 4.26. The van der Waals surface area contributed by atoms with Crippen molar-refractivity contribution in [3.8, 4) is 11.4 Å². The Morgan fingerprint density at radius 1 is 1.16 bits per heavy atom. The lowest BCUT2D eigenvalue weighted by molar-refractivity contribution is -0.0174. The number of aromatic nitrogens is 3. The third-order valence-corrected chi connectivity index (χ3v) is 4.98. The van der Waals surface area contributed by atoms with E-state index in [1.807, 2.05) is 25.1 Å². The Bertz CT molecular complexity index is 838. The zero-order valence-corrected chi connectivity index (χ0v) is 15.1. The molecule has 0 aromatic carbocycles. The standard InChI is InChI=1S/C19H20N4OS/c1-13-9-18(22-19(21-13)15-3-6-20-7-4-15)23-10-14(2)24-17(11-23)16-5-8-25-12-16/h3-9,12,14,17H,10-11H2,1-2H3/t14-,17+/m1/s1. The lowest BCUT2D eigenvalue weighted by atomic mass is 10.1. The lowest BCUT2D eigenvalue weighted by Crippen LogP contribution is -2.43. The minimum absolute atomic E-state index is 0.0784.